The fraction of sp³-hybridized carbons (Fsp3) is 0.105. The number of nitro benzene ring substituents is 1. The molecule has 0 spiro atoms. The van der Waals surface area contributed by atoms with Gasteiger partial charge in [0.2, 0.25) is 11.9 Å². The third kappa shape index (κ3) is 3.16. The summed E-state index contributed by atoms with van der Waals surface area (Å²) in [4.78, 5) is 27.3. The normalized spacial score (nSPS) is 15.6. The van der Waals surface area contributed by atoms with E-state index in [1.807, 2.05) is 0 Å². The molecule has 0 bridgehead atoms. The molecule has 0 fully saturated rings. The van der Waals surface area contributed by atoms with E-state index in [2.05, 4.69) is 15.4 Å². The van der Waals surface area contributed by atoms with Crippen molar-refractivity contribution in [3.63, 3.8) is 0 Å². The molecule has 0 saturated heterocycles. The molecule has 10 heteroatoms. The standard InChI is InChI=1S/C19H16N6O4/c1-10-15(17(20)27)16(11-4-2-6-13(8-11)25(28)29)24-19(21-10)22-18(23-24)12-5-3-7-14(26)9-12/h2-9,16,26H,1H3,(H2,20,27)(H,21,22,23). The molecule has 4 N–H and O–H groups in total. The number of rotatable bonds is 4. The van der Waals surface area contributed by atoms with Crippen molar-refractivity contribution in [2.24, 2.45) is 5.73 Å². The lowest BCUT2D eigenvalue weighted by Gasteiger charge is -2.27. The van der Waals surface area contributed by atoms with Gasteiger partial charge in [-0.2, -0.15) is 4.98 Å². The van der Waals surface area contributed by atoms with E-state index in [1.165, 1.54) is 35.0 Å². The first-order chi connectivity index (χ1) is 13.8. The number of primary amides is 1. The van der Waals surface area contributed by atoms with Crippen LogP contribution < -0.4 is 11.1 Å². The van der Waals surface area contributed by atoms with E-state index in [0.29, 0.717) is 28.6 Å². The molecule has 0 radical (unpaired) electrons. The number of phenols is 1. The first-order valence-corrected chi connectivity index (χ1v) is 8.63. The number of hydrogen-bond donors (Lipinski definition) is 3. The molecule has 146 valence electrons. The van der Waals surface area contributed by atoms with Crippen LogP contribution in [0.3, 0.4) is 0 Å². The van der Waals surface area contributed by atoms with Gasteiger partial charge in [-0.1, -0.05) is 24.3 Å². The van der Waals surface area contributed by atoms with Crippen LogP contribution in [0.2, 0.25) is 0 Å². The van der Waals surface area contributed by atoms with E-state index in [9.17, 15) is 20.0 Å². The zero-order valence-electron chi connectivity index (χ0n) is 15.2. The number of benzene rings is 2. The van der Waals surface area contributed by atoms with Gasteiger partial charge in [-0.3, -0.25) is 14.9 Å². The van der Waals surface area contributed by atoms with Gasteiger partial charge in [0.1, 0.15) is 11.8 Å². The second-order valence-electron chi connectivity index (χ2n) is 6.54. The van der Waals surface area contributed by atoms with Crippen LogP contribution in [0.5, 0.6) is 5.75 Å². The number of phenolic OH excluding ortho intramolecular Hbond substituents is 1. The van der Waals surface area contributed by atoms with E-state index in [4.69, 9.17) is 5.73 Å². The number of allylic oxidation sites excluding steroid dienone is 1. The summed E-state index contributed by atoms with van der Waals surface area (Å²) in [7, 11) is 0. The van der Waals surface area contributed by atoms with Crippen molar-refractivity contribution in [2.45, 2.75) is 13.0 Å². The lowest BCUT2D eigenvalue weighted by molar-refractivity contribution is -0.384. The Labute approximate surface area is 164 Å². The summed E-state index contributed by atoms with van der Waals surface area (Å²) in [5.41, 5.74) is 7.26. The molecule has 4 rings (SSSR count). The number of fused-ring (bicyclic) bond motifs is 1. The minimum atomic E-state index is -0.790. The maximum Gasteiger partial charge on any atom is 0.269 e. The number of amides is 1. The third-order valence-electron chi connectivity index (χ3n) is 4.62. The number of carbonyl (C=O) groups is 1. The van der Waals surface area contributed by atoms with E-state index in [1.54, 1.807) is 25.1 Å². The number of hydrogen-bond acceptors (Lipinski definition) is 7. The number of anilines is 1. The molecular weight excluding hydrogens is 376 g/mol. The lowest BCUT2D eigenvalue weighted by atomic mass is 9.95. The Balaban J connectivity index is 1.90. The second-order valence-corrected chi connectivity index (χ2v) is 6.54. The van der Waals surface area contributed by atoms with Gasteiger partial charge < -0.3 is 16.2 Å². The molecule has 0 saturated carbocycles. The monoisotopic (exact) mass is 392 g/mol. The van der Waals surface area contributed by atoms with Crippen molar-refractivity contribution in [3.05, 3.63) is 75.5 Å². The Bertz CT molecular complexity index is 1180. The summed E-state index contributed by atoms with van der Waals surface area (Å²) in [5, 5.41) is 28.4. The first kappa shape index (κ1) is 18.2. The maximum atomic E-state index is 12.2. The predicted octanol–water partition coefficient (Wildman–Crippen LogP) is 2.33. The fourth-order valence-electron chi connectivity index (χ4n) is 3.35. The Kier molecular flexibility index (Phi) is 4.23. The molecule has 1 atom stereocenters. The number of non-ortho nitro benzene ring substituents is 1. The second kappa shape index (κ2) is 6.75. The third-order valence-corrected chi connectivity index (χ3v) is 4.62. The summed E-state index contributed by atoms with van der Waals surface area (Å²) in [5.74, 6) is 0.0526. The van der Waals surface area contributed by atoms with Crippen LogP contribution in [-0.4, -0.2) is 30.7 Å². The van der Waals surface area contributed by atoms with Crippen LogP contribution in [0.4, 0.5) is 11.6 Å². The molecule has 1 aromatic heterocycles. The Morgan fingerprint density at radius 2 is 2.03 bits per heavy atom. The Morgan fingerprint density at radius 1 is 1.28 bits per heavy atom. The van der Waals surface area contributed by atoms with Gasteiger partial charge in [-0.05, 0) is 24.6 Å². The van der Waals surface area contributed by atoms with E-state index >= 15 is 0 Å². The number of nitrogens with one attached hydrogen (secondary N) is 1. The van der Waals surface area contributed by atoms with Gasteiger partial charge in [-0.25, -0.2) is 4.68 Å². The number of aromatic hydroxyl groups is 1. The molecule has 29 heavy (non-hydrogen) atoms. The van der Waals surface area contributed by atoms with Gasteiger partial charge in [0.05, 0.1) is 10.5 Å². The van der Waals surface area contributed by atoms with Crippen LogP contribution >= 0.6 is 0 Å². The van der Waals surface area contributed by atoms with Crippen LogP contribution in [-0.2, 0) is 4.79 Å². The quantitative estimate of drug-likeness (QED) is 0.455. The van der Waals surface area contributed by atoms with E-state index in [0.717, 1.165) is 0 Å². The van der Waals surface area contributed by atoms with Crippen molar-refractivity contribution >= 4 is 17.5 Å². The van der Waals surface area contributed by atoms with Gasteiger partial charge in [0.25, 0.3) is 5.69 Å². The highest BCUT2D eigenvalue weighted by molar-refractivity contribution is 5.95. The van der Waals surface area contributed by atoms with Crippen molar-refractivity contribution in [3.8, 4) is 17.1 Å². The SMILES string of the molecule is CC1=C(C(N)=O)C(c2cccc([N+](=O)[O-])c2)n2nc(-c3cccc(O)c3)nc2N1. The minimum Gasteiger partial charge on any atom is -0.508 e. The summed E-state index contributed by atoms with van der Waals surface area (Å²) >= 11 is 0. The average Bonchev–Trinajstić information content (AvgIpc) is 3.10. The maximum absolute atomic E-state index is 12.2. The first-order valence-electron chi connectivity index (χ1n) is 8.63. The highest BCUT2D eigenvalue weighted by atomic mass is 16.6. The fourth-order valence-corrected chi connectivity index (χ4v) is 3.35. The summed E-state index contributed by atoms with van der Waals surface area (Å²) in [6.45, 7) is 1.68. The lowest BCUT2D eigenvalue weighted by Crippen LogP contribution is -2.31. The van der Waals surface area contributed by atoms with Gasteiger partial charge in [0, 0.05) is 23.4 Å². The molecule has 1 aliphatic heterocycles. The molecule has 1 amide bonds. The number of nitrogens with zero attached hydrogens (tertiary/aromatic N) is 4. The van der Waals surface area contributed by atoms with E-state index < -0.39 is 16.9 Å². The average molecular weight is 392 g/mol. The summed E-state index contributed by atoms with van der Waals surface area (Å²) in [6, 6.07) is 11.6. The highest BCUT2D eigenvalue weighted by Gasteiger charge is 2.34. The van der Waals surface area contributed by atoms with Crippen molar-refractivity contribution in [2.75, 3.05) is 5.32 Å². The molecule has 3 aromatic rings. The molecule has 2 heterocycles. The van der Waals surface area contributed by atoms with Crippen LogP contribution in [0, 0.1) is 10.1 Å². The van der Waals surface area contributed by atoms with Crippen molar-refractivity contribution in [1.29, 1.82) is 0 Å². The van der Waals surface area contributed by atoms with Gasteiger partial charge in [-0.15, -0.1) is 5.10 Å². The zero-order valence-corrected chi connectivity index (χ0v) is 15.2. The molecule has 2 aromatic carbocycles. The topological polar surface area (TPSA) is 149 Å². The van der Waals surface area contributed by atoms with Gasteiger partial charge >= 0.3 is 0 Å². The molecular formula is C19H16N6O4. The number of nitro groups is 1. The molecule has 0 aliphatic carbocycles. The number of carbonyl (C=O) groups excluding carboxylic acids is 1. The smallest absolute Gasteiger partial charge is 0.269 e. The largest absolute Gasteiger partial charge is 0.508 e. The Hall–Kier alpha value is -4.21. The van der Waals surface area contributed by atoms with Gasteiger partial charge in [0.15, 0.2) is 5.82 Å². The van der Waals surface area contributed by atoms with Crippen LogP contribution in [0.1, 0.15) is 18.5 Å². The Morgan fingerprint density at radius 3 is 2.72 bits per heavy atom. The highest BCUT2D eigenvalue weighted by Crippen LogP contribution is 2.37. The number of aromatic nitrogens is 3. The van der Waals surface area contributed by atoms with Crippen LogP contribution in [0.25, 0.3) is 11.4 Å². The van der Waals surface area contributed by atoms with Crippen molar-refractivity contribution in [1.82, 2.24) is 14.8 Å². The zero-order chi connectivity index (χ0) is 20.7. The summed E-state index contributed by atoms with van der Waals surface area (Å²) < 4.78 is 1.46. The summed E-state index contributed by atoms with van der Waals surface area (Å²) in [6.07, 6.45) is 0. The van der Waals surface area contributed by atoms with Crippen LogP contribution in [0.15, 0.2) is 59.8 Å². The predicted molar refractivity (Wildman–Crippen MR) is 104 cm³/mol. The molecule has 1 aliphatic rings. The van der Waals surface area contributed by atoms with Crippen molar-refractivity contribution < 1.29 is 14.8 Å². The minimum absolute atomic E-state index is 0.0607. The van der Waals surface area contributed by atoms with E-state index in [-0.39, 0.29) is 17.0 Å². The molecule has 10 nitrogen and oxygen atoms in total. The molecule has 1 unspecified atom stereocenters. The number of nitrogens with two attached hydrogens (primary N) is 1.